The predicted molar refractivity (Wildman–Crippen MR) is 61.4 cm³/mol. The Morgan fingerprint density at radius 3 is 2.19 bits per heavy atom. The zero-order valence-electron chi connectivity index (χ0n) is 10.5. The summed E-state index contributed by atoms with van der Waals surface area (Å²) >= 11 is 0. The highest BCUT2D eigenvalue weighted by molar-refractivity contribution is 4.73. The van der Waals surface area contributed by atoms with E-state index in [1.165, 1.54) is 0 Å². The topological polar surface area (TPSA) is 12.0 Å². The Kier molecular flexibility index (Phi) is 7.81. The van der Waals surface area contributed by atoms with Crippen LogP contribution in [0.3, 0.4) is 0 Å². The molecule has 0 fully saturated rings. The van der Waals surface area contributed by atoms with Gasteiger partial charge in [0.1, 0.15) is 0 Å². The van der Waals surface area contributed by atoms with Gasteiger partial charge in [-0.2, -0.15) is 13.2 Å². The molecular formula is C12H24F3N. The first-order chi connectivity index (χ1) is 7.40. The first-order valence-corrected chi connectivity index (χ1v) is 6.20. The van der Waals surface area contributed by atoms with Crippen LogP contribution in [0.5, 0.6) is 0 Å². The van der Waals surface area contributed by atoms with Gasteiger partial charge in [0.25, 0.3) is 0 Å². The van der Waals surface area contributed by atoms with Crippen LogP contribution >= 0.6 is 0 Å². The molecule has 0 aromatic rings. The van der Waals surface area contributed by atoms with Crippen molar-refractivity contribution in [3.8, 4) is 0 Å². The van der Waals surface area contributed by atoms with Crippen LogP contribution in [0.2, 0.25) is 0 Å². The Hall–Kier alpha value is -0.250. The molecule has 0 aliphatic heterocycles. The zero-order valence-corrected chi connectivity index (χ0v) is 10.5. The molecule has 4 heteroatoms. The van der Waals surface area contributed by atoms with E-state index in [4.69, 9.17) is 0 Å². The van der Waals surface area contributed by atoms with E-state index in [2.05, 4.69) is 19.2 Å². The van der Waals surface area contributed by atoms with Crippen LogP contribution in [-0.2, 0) is 0 Å². The lowest BCUT2D eigenvalue weighted by Gasteiger charge is -2.24. The summed E-state index contributed by atoms with van der Waals surface area (Å²) in [6.07, 6.45) is -1.66. The normalized spacial score (nSPS) is 16.1. The minimum atomic E-state index is -4.01. The van der Waals surface area contributed by atoms with Crippen LogP contribution in [-0.4, -0.2) is 18.8 Å². The van der Waals surface area contributed by atoms with Crippen LogP contribution in [0, 0.1) is 5.92 Å². The van der Waals surface area contributed by atoms with Crippen molar-refractivity contribution in [3.05, 3.63) is 0 Å². The lowest BCUT2D eigenvalue weighted by atomic mass is 9.92. The Bertz CT molecular complexity index is 168. The van der Waals surface area contributed by atoms with Crippen LogP contribution in [0.15, 0.2) is 0 Å². The quantitative estimate of drug-likeness (QED) is 0.671. The summed E-state index contributed by atoms with van der Waals surface area (Å²) in [5.41, 5.74) is 0. The first-order valence-electron chi connectivity index (χ1n) is 6.20. The molecule has 0 saturated carbocycles. The molecule has 0 bridgehead atoms. The first kappa shape index (κ1) is 15.8. The maximum atomic E-state index is 12.0. The maximum absolute atomic E-state index is 12.0. The second kappa shape index (κ2) is 7.93. The Labute approximate surface area is 96.8 Å². The van der Waals surface area contributed by atoms with Crippen molar-refractivity contribution >= 4 is 0 Å². The van der Waals surface area contributed by atoms with Gasteiger partial charge in [0.2, 0.25) is 0 Å². The number of halogens is 3. The van der Waals surface area contributed by atoms with Gasteiger partial charge in [0.15, 0.2) is 0 Å². The van der Waals surface area contributed by atoms with Gasteiger partial charge >= 0.3 is 6.18 Å². The van der Waals surface area contributed by atoms with Crippen LogP contribution in [0.1, 0.15) is 52.9 Å². The van der Waals surface area contributed by atoms with Crippen molar-refractivity contribution < 1.29 is 13.2 Å². The third-order valence-electron chi connectivity index (χ3n) is 2.87. The largest absolute Gasteiger partial charge is 0.389 e. The summed E-state index contributed by atoms with van der Waals surface area (Å²) in [6.45, 7) is 7.04. The van der Waals surface area contributed by atoms with Crippen molar-refractivity contribution in [2.45, 2.75) is 65.1 Å². The molecule has 1 nitrogen and oxygen atoms in total. The zero-order chi connectivity index (χ0) is 12.6. The second-order valence-corrected chi connectivity index (χ2v) is 4.44. The summed E-state index contributed by atoms with van der Waals surface area (Å²) < 4.78 is 36.1. The van der Waals surface area contributed by atoms with Gasteiger partial charge in [0.05, 0.1) is 0 Å². The fourth-order valence-corrected chi connectivity index (χ4v) is 2.03. The second-order valence-electron chi connectivity index (χ2n) is 4.44. The molecule has 0 aliphatic rings. The van der Waals surface area contributed by atoms with E-state index in [9.17, 15) is 13.2 Å². The number of hydrogen-bond donors (Lipinski definition) is 1. The van der Waals surface area contributed by atoms with Crippen molar-refractivity contribution in [2.75, 3.05) is 6.54 Å². The minimum Gasteiger partial charge on any atom is -0.314 e. The average molecular weight is 239 g/mol. The van der Waals surface area contributed by atoms with Gasteiger partial charge in [-0.15, -0.1) is 0 Å². The molecule has 16 heavy (non-hydrogen) atoms. The smallest absolute Gasteiger partial charge is 0.314 e. The molecule has 0 aromatic carbocycles. The van der Waals surface area contributed by atoms with E-state index in [1.807, 2.05) is 6.92 Å². The van der Waals surface area contributed by atoms with Gasteiger partial charge in [0, 0.05) is 12.5 Å². The Morgan fingerprint density at radius 1 is 1.12 bits per heavy atom. The summed E-state index contributed by atoms with van der Waals surface area (Å²) in [5, 5.41) is 3.29. The molecule has 1 N–H and O–H groups in total. The monoisotopic (exact) mass is 239 g/mol. The van der Waals surface area contributed by atoms with E-state index in [-0.39, 0.29) is 12.5 Å². The van der Waals surface area contributed by atoms with Gasteiger partial charge in [-0.25, -0.2) is 0 Å². The van der Waals surface area contributed by atoms with Crippen LogP contribution in [0.4, 0.5) is 13.2 Å². The number of hydrogen-bond acceptors (Lipinski definition) is 1. The lowest BCUT2D eigenvalue weighted by Crippen LogP contribution is -2.35. The van der Waals surface area contributed by atoms with Crippen LogP contribution in [0.25, 0.3) is 0 Å². The molecule has 2 unspecified atom stereocenters. The highest BCUT2D eigenvalue weighted by Gasteiger charge is 2.27. The van der Waals surface area contributed by atoms with Gasteiger partial charge in [-0.1, -0.05) is 27.2 Å². The molecule has 0 aliphatic carbocycles. The predicted octanol–water partition coefficient (Wildman–Crippen LogP) is 4.13. The number of alkyl halides is 3. The van der Waals surface area contributed by atoms with Gasteiger partial charge in [-0.3, -0.25) is 0 Å². The summed E-state index contributed by atoms with van der Waals surface area (Å²) in [6, 6.07) is 0.229. The summed E-state index contributed by atoms with van der Waals surface area (Å²) in [4.78, 5) is 0. The van der Waals surface area contributed by atoms with Crippen molar-refractivity contribution in [2.24, 2.45) is 5.92 Å². The Morgan fingerprint density at radius 2 is 1.75 bits per heavy atom. The number of nitrogens with one attached hydrogen (secondary N) is 1. The molecule has 2 atom stereocenters. The molecule has 0 radical (unpaired) electrons. The number of rotatable bonds is 8. The van der Waals surface area contributed by atoms with Crippen molar-refractivity contribution in [1.82, 2.24) is 5.32 Å². The van der Waals surface area contributed by atoms with Gasteiger partial charge < -0.3 is 5.32 Å². The highest BCUT2D eigenvalue weighted by Crippen LogP contribution is 2.24. The van der Waals surface area contributed by atoms with Crippen molar-refractivity contribution in [3.63, 3.8) is 0 Å². The molecule has 0 rings (SSSR count). The van der Waals surface area contributed by atoms with Crippen molar-refractivity contribution in [1.29, 1.82) is 0 Å². The SMILES string of the molecule is CCCC(C)C(CCCC(F)(F)F)NCC. The molecule has 98 valence electrons. The van der Waals surface area contributed by atoms with E-state index in [0.717, 1.165) is 19.4 Å². The van der Waals surface area contributed by atoms with E-state index in [1.54, 1.807) is 0 Å². The summed E-state index contributed by atoms with van der Waals surface area (Å²) in [5.74, 6) is 0.457. The third kappa shape index (κ3) is 7.97. The fourth-order valence-electron chi connectivity index (χ4n) is 2.03. The lowest BCUT2D eigenvalue weighted by molar-refractivity contribution is -0.136. The average Bonchev–Trinajstić information content (AvgIpc) is 2.15. The molecule has 0 spiro atoms. The Balaban J connectivity index is 3.93. The maximum Gasteiger partial charge on any atom is 0.389 e. The molecule has 0 amide bonds. The van der Waals surface area contributed by atoms with E-state index in [0.29, 0.717) is 12.3 Å². The summed E-state index contributed by atoms with van der Waals surface area (Å²) in [7, 11) is 0. The van der Waals surface area contributed by atoms with Crippen LogP contribution < -0.4 is 5.32 Å². The standard InChI is InChI=1S/C12H24F3N/c1-4-7-10(3)11(16-5-2)8-6-9-12(13,14)15/h10-11,16H,4-9H2,1-3H3. The van der Waals surface area contributed by atoms with E-state index < -0.39 is 12.6 Å². The minimum absolute atomic E-state index is 0.229. The molecular weight excluding hydrogens is 215 g/mol. The third-order valence-corrected chi connectivity index (χ3v) is 2.87. The van der Waals surface area contributed by atoms with Gasteiger partial charge in [-0.05, 0) is 31.7 Å². The molecule has 0 saturated heterocycles. The fraction of sp³-hybridized carbons (Fsp3) is 1.00. The molecule has 0 aromatic heterocycles. The highest BCUT2D eigenvalue weighted by atomic mass is 19.4. The molecule has 0 heterocycles. The van der Waals surface area contributed by atoms with E-state index >= 15 is 0 Å².